The van der Waals surface area contributed by atoms with Gasteiger partial charge in [-0.1, -0.05) is 36.1 Å². The zero-order valence-electron chi connectivity index (χ0n) is 25.8. The van der Waals surface area contributed by atoms with Crippen molar-refractivity contribution < 1.29 is 14.3 Å². The molecule has 0 atom stereocenters. The van der Waals surface area contributed by atoms with Crippen molar-refractivity contribution in [3.05, 3.63) is 81.7 Å². The largest absolute Gasteiger partial charge is 0.381 e. The molecule has 2 aromatic carbocycles. The van der Waals surface area contributed by atoms with Gasteiger partial charge in [-0.3, -0.25) is 9.59 Å². The molecule has 1 aliphatic rings. The van der Waals surface area contributed by atoms with Crippen LogP contribution in [0.5, 0.6) is 0 Å². The van der Waals surface area contributed by atoms with Crippen LogP contribution in [0.1, 0.15) is 75.4 Å². The fourth-order valence-corrected chi connectivity index (χ4v) is 5.61. The molecule has 9 nitrogen and oxygen atoms in total. The minimum Gasteiger partial charge on any atom is -0.381 e. The van der Waals surface area contributed by atoms with Crippen molar-refractivity contribution in [1.29, 1.82) is 0 Å². The van der Waals surface area contributed by atoms with Gasteiger partial charge < -0.3 is 20.7 Å². The minimum absolute atomic E-state index is 0.213. The zero-order valence-corrected chi connectivity index (χ0v) is 25.8. The van der Waals surface area contributed by atoms with E-state index in [9.17, 15) is 9.59 Å². The summed E-state index contributed by atoms with van der Waals surface area (Å²) < 4.78 is 7.49. The summed E-state index contributed by atoms with van der Waals surface area (Å²) in [4.78, 5) is 31.5. The van der Waals surface area contributed by atoms with E-state index in [1.54, 1.807) is 12.1 Å². The summed E-state index contributed by atoms with van der Waals surface area (Å²) in [6.07, 6.45) is 4.41. The summed E-state index contributed by atoms with van der Waals surface area (Å²) in [6, 6.07) is 11.7. The Morgan fingerprint density at radius 3 is 2.35 bits per heavy atom. The first kappa shape index (κ1) is 30.3. The van der Waals surface area contributed by atoms with Gasteiger partial charge in [-0.25, -0.2) is 9.67 Å². The topological polar surface area (TPSA) is 110 Å². The Hall–Kier alpha value is -4.18. The van der Waals surface area contributed by atoms with Crippen LogP contribution >= 0.6 is 0 Å². The van der Waals surface area contributed by atoms with Gasteiger partial charge >= 0.3 is 0 Å². The Labute approximate surface area is 254 Å². The van der Waals surface area contributed by atoms with Crippen molar-refractivity contribution in [2.45, 2.75) is 72.6 Å². The molecule has 0 radical (unpaired) electrons. The number of aryl methyl sites for hydroxylation is 4. The van der Waals surface area contributed by atoms with Crippen LogP contribution in [0, 0.1) is 13.8 Å². The molecule has 5 rings (SSSR count). The molecule has 0 spiro atoms. The monoisotopic (exact) mass is 580 g/mol. The highest BCUT2D eigenvalue weighted by atomic mass is 16.5. The van der Waals surface area contributed by atoms with E-state index < -0.39 is 0 Å². The van der Waals surface area contributed by atoms with Crippen molar-refractivity contribution >= 4 is 41.8 Å². The summed E-state index contributed by atoms with van der Waals surface area (Å²) in [5.41, 5.74) is 8.90. The first-order valence-electron chi connectivity index (χ1n) is 15.2. The predicted octanol–water partition coefficient (Wildman–Crippen LogP) is 3.34. The van der Waals surface area contributed by atoms with Gasteiger partial charge in [0.05, 0.1) is 17.3 Å². The molecule has 3 N–H and O–H groups in total. The molecule has 0 unspecified atom stereocenters. The summed E-state index contributed by atoms with van der Waals surface area (Å²) >= 11 is 0. The number of carbonyl (C=O) groups is 2. The number of amides is 2. The molecule has 0 saturated carbocycles. The molecule has 0 bridgehead atoms. The standard InChI is InChI=1S/C33H41BN6O3/c1-5-29-26(30(38-25-9-11-43-12-10-25)27-19-37-40(6-2)31(27)39-29)18-36-33(42)24-14-20(3)13-23(16-24)32(41)35-17-22-8-7-21(4)28(34)15-22/h7-8,13-16,19,25H,5-6,9-12,17-18,34H2,1-4H3,(H,35,41)(H,36,42)(H,38,39). The molecule has 224 valence electrons. The maximum absolute atomic E-state index is 13.5. The van der Waals surface area contributed by atoms with Gasteiger partial charge in [0.1, 0.15) is 7.85 Å². The third kappa shape index (κ3) is 6.91. The number of hydrogen-bond donors (Lipinski definition) is 3. The van der Waals surface area contributed by atoms with Crippen LogP contribution in [-0.4, -0.2) is 53.7 Å². The number of pyridine rings is 1. The Morgan fingerprint density at radius 1 is 1.00 bits per heavy atom. The highest BCUT2D eigenvalue weighted by Crippen LogP contribution is 2.31. The maximum atomic E-state index is 13.5. The fourth-order valence-electron chi connectivity index (χ4n) is 5.61. The van der Waals surface area contributed by atoms with Gasteiger partial charge in [-0.15, -0.1) is 0 Å². The molecule has 0 aliphatic carbocycles. The van der Waals surface area contributed by atoms with Crippen molar-refractivity contribution in [2.24, 2.45) is 0 Å². The molecule has 3 heterocycles. The van der Waals surface area contributed by atoms with Crippen molar-refractivity contribution in [2.75, 3.05) is 18.5 Å². The lowest BCUT2D eigenvalue weighted by Gasteiger charge is -2.26. The quantitative estimate of drug-likeness (QED) is 0.248. The molecule has 43 heavy (non-hydrogen) atoms. The van der Waals surface area contributed by atoms with Gasteiger partial charge in [-0.2, -0.15) is 5.10 Å². The second-order valence-electron chi connectivity index (χ2n) is 11.4. The second-order valence-corrected chi connectivity index (χ2v) is 11.4. The van der Waals surface area contributed by atoms with Gasteiger partial charge in [0.2, 0.25) is 0 Å². The van der Waals surface area contributed by atoms with E-state index in [4.69, 9.17) is 9.72 Å². The van der Waals surface area contributed by atoms with Crippen molar-refractivity contribution in [1.82, 2.24) is 25.4 Å². The minimum atomic E-state index is -0.240. The molecule has 4 aromatic rings. The number of fused-ring (bicyclic) bond motifs is 1. The van der Waals surface area contributed by atoms with Crippen LogP contribution < -0.4 is 21.4 Å². The van der Waals surface area contributed by atoms with E-state index in [0.29, 0.717) is 30.6 Å². The van der Waals surface area contributed by atoms with Gasteiger partial charge in [0.25, 0.3) is 11.8 Å². The van der Waals surface area contributed by atoms with Crippen LogP contribution in [-0.2, 0) is 30.8 Å². The lowest BCUT2D eigenvalue weighted by Crippen LogP contribution is -2.30. The Balaban J connectivity index is 1.36. The van der Waals surface area contributed by atoms with Gasteiger partial charge in [0, 0.05) is 61.3 Å². The number of rotatable bonds is 10. The number of nitrogens with zero attached hydrogens (tertiary/aromatic N) is 3. The first-order valence-corrected chi connectivity index (χ1v) is 15.2. The van der Waals surface area contributed by atoms with Crippen molar-refractivity contribution in [3.63, 3.8) is 0 Å². The van der Waals surface area contributed by atoms with E-state index in [0.717, 1.165) is 71.7 Å². The van der Waals surface area contributed by atoms with Crippen LogP contribution in [0.2, 0.25) is 0 Å². The van der Waals surface area contributed by atoms with Crippen LogP contribution in [0.15, 0.2) is 42.6 Å². The Bertz CT molecular complexity index is 1640. The molecule has 2 amide bonds. The molecule has 1 saturated heterocycles. The summed E-state index contributed by atoms with van der Waals surface area (Å²) in [7, 11) is 2.06. The number of ether oxygens (including phenoxy) is 1. The smallest absolute Gasteiger partial charge is 0.251 e. The third-order valence-electron chi connectivity index (χ3n) is 8.23. The third-order valence-corrected chi connectivity index (χ3v) is 8.23. The molecular formula is C33H41BN6O3. The first-order chi connectivity index (χ1) is 20.8. The summed E-state index contributed by atoms with van der Waals surface area (Å²) in [6.45, 7) is 11.0. The number of hydrogen-bond acceptors (Lipinski definition) is 6. The van der Waals surface area contributed by atoms with Gasteiger partial charge in [0.15, 0.2) is 5.65 Å². The van der Waals surface area contributed by atoms with Crippen LogP contribution in [0.4, 0.5) is 5.69 Å². The molecule has 1 fully saturated rings. The highest BCUT2D eigenvalue weighted by Gasteiger charge is 2.22. The summed E-state index contributed by atoms with van der Waals surface area (Å²) in [5.74, 6) is -0.454. The number of anilines is 1. The average molecular weight is 581 g/mol. The van der Waals surface area contributed by atoms with E-state index >= 15 is 0 Å². The van der Waals surface area contributed by atoms with Gasteiger partial charge in [-0.05, 0) is 69.4 Å². The number of carbonyl (C=O) groups excluding carboxylic acids is 2. The Kier molecular flexibility index (Phi) is 9.45. The zero-order chi connectivity index (χ0) is 30.5. The predicted molar refractivity (Wildman–Crippen MR) is 173 cm³/mol. The van der Waals surface area contributed by atoms with Crippen molar-refractivity contribution in [3.8, 4) is 0 Å². The number of benzene rings is 2. The fraction of sp³-hybridized carbons (Fsp3) is 0.394. The lowest BCUT2D eigenvalue weighted by molar-refractivity contribution is 0.0904. The van der Waals surface area contributed by atoms with E-state index in [-0.39, 0.29) is 17.9 Å². The van der Waals surface area contributed by atoms with E-state index in [1.165, 1.54) is 11.0 Å². The highest BCUT2D eigenvalue weighted by molar-refractivity contribution is 6.33. The Morgan fingerprint density at radius 2 is 1.70 bits per heavy atom. The summed E-state index contributed by atoms with van der Waals surface area (Å²) in [5, 5.41) is 15.4. The lowest BCUT2D eigenvalue weighted by atomic mass is 9.89. The number of nitrogens with one attached hydrogen (secondary N) is 3. The SMILES string of the molecule is Bc1cc(CNC(=O)c2cc(C)cc(C(=O)NCc3c(CC)nc4c(cnn4CC)c3NC3CCOCC3)c2)ccc1C. The molecule has 1 aliphatic heterocycles. The molecule has 2 aromatic heterocycles. The maximum Gasteiger partial charge on any atom is 0.251 e. The van der Waals surface area contributed by atoms with Crippen LogP contribution in [0.3, 0.4) is 0 Å². The number of aromatic nitrogens is 3. The molecule has 10 heteroatoms. The van der Waals surface area contributed by atoms with E-state index in [1.807, 2.05) is 29.9 Å². The second kappa shape index (κ2) is 13.4. The van der Waals surface area contributed by atoms with E-state index in [2.05, 4.69) is 61.8 Å². The average Bonchev–Trinajstić information content (AvgIpc) is 3.43. The normalized spacial score (nSPS) is 13.7. The molecular weight excluding hydrogens is 539 g/mol. The van der Waals surface area contributed by atoms with Crippen LogP contribution in [0.25, 0.3) is 11.0 Å².